The van der Waals surface area contributed by atoms with Gasteiger partial charge in [-0.15, -0.1) is 0 Å². The largest absolute Gasteiger partial charge is 0.507 e. The number of aromatic hydroxyl groups is 1. The lowest BCUT2D eigenvalue weighted by molar-refractivity contribution is -0.138. The molecule has 1 aliphatic rings. The zero-order valence-corrected chi connectivity index (χ0v) is 11.0. The second-order valence-corrected chi connectivity index (χ2v) is 5.25. The maximum atomic E-state index is 12.8. The van der Waals surface area contributed by atoms with Crippen LogP contribution >= 0.6 is 11.6 Å². The quantitative estimate of drug-likeness (QED) is 0.870. The monoisotopic (exact) mass is 293 g/mol. The molecule has 2 rings (SSSR count). The van der Waals surface area contributed by atoms with Gasteiger partial charge in [-0.2, -0.15) is 13.2 Å². The Morgan fingerprint density at radius 1 is 1.32 bits per heavy atom. The highest BCUT2D eigenvalue weighted by molar-refractivity contribution is 6.30. The topological polar surface area (TPSA) is 32.3 Å². The molecule has 0 aliphatic carbocycles. The first kappa shape index (κ1) is 14.5. The summed E-state index contributed by atoms with van der Waals surface area (Å²) in [6, 6.07) is 2.26. The summed E-state index contributed by atoms with van der Waals surface area (Å²) in [7, 11) is 0. The summed E-state index contributed by atoms with van der Waals surface area (Å²) >= 11 is 5.71. The van der Waals surface area contributed by atoms with Crippen LogP contribution in [0.2, 0.25) is 5.02 Å². The van der Waals surface area contributed by atoms with Crippen LogP contribution in [0.5, 0.6) is 5.75 Å². The van der Waals surface area contributed by atoms with E-state index in [0.29, 0.717) is 6.42 Å². The highest BCUT2D eigenvalue weighted by atomic mass is 35.5. The van der Waals surface area contributed by atoms with Crippen molar-refractivity contribution in [2.75, 3.05) is 6.54 Å². The number of rotatable bonds is 2. The molecule has 0 spiro atoms. The number of nitrogens with one attached hydrogen (secondary N) is 1. The summed E-state index contributed by atoms with van der Waals surface area (Å²) in [6.45, 7) is 0.859. The Balaban J connectivity index is 2.27. The summed E-state index contributed by atoms with van der Waals surface area (Å²) in [6.07, 6.45) is -1.22. The van der Waals surface area contributed by atoms with E-state index in [1.165, 1.54) is 6.07 Å². The van der Waals surface area contributed by atoms with E-state index < -0.39 is 17.5 Å². The SMILES string of the molecule is Oc1c(CC2CCCCN2)cc(Cl)cc1C(F)(F)F. The van der Waals surface area contributed by atoms with Crippen molar-refractivity contribution in [3.05, 3.63) is 28.3 Å². The molecule has 1 heterocycles. The molecule has 2 nitrogen and oxygen atoms in total. The molecule has 0 bridgehead atoms. The first-order chi connectivity index (χ1) is 8.88. The second kappa shape index (κ2) is 5.59. The molecule has 0 amide bonds. The van der Waals surface area contributed by atoms with Crippen LogP contribution in [0.1, 0.15) is 30.4 Å². The van der Waals surface area contributed by atoms with Crippen LogP contribution in [0, 0.1) is 0 Å². The molecule has 19 heavy (non-hydrogen) atoms. The maximum Gasteiger partial charge on any atom is 0.420 e. The lowest BCUT2D eigenvalue weighted by Gasteiger charge is -2.24. The van der Waals surface area contributed by atoms with Crippen LogP contribution in [0.4, 0.5) is 13.2 Å². The zero-order chi connectivity index (χ0) is 14.0. The van der Waals surface area contributed by atoms with E-state index in [9.17, 15) is 18.3 Å². The normalized spacial score (nSPS) is 20.5. The van der Waals surface area contributed by atoms with Gasteiger partial charge in [0.1, 0.15) is 5.75 Å². The van der Waals surface area contributed by atoms with E-state index in [1.54, 1.807) is 0 Å². The van der Waals surface area contributed by atoms with Gasteiger partial charge in [-0.3, -0.25) is 0 Å². The molecular formula is C13H15ClF3NO. The van der Waals surface area contributed by atoms with Crippen LogP contribution in [0.3, 0.4) is 0 Å². The molecule has 1 atom stereocenters. The molecule has 1 aliphatic heterocycles. The highest BCUT2D eigenvalue weighted by Crippen LogP contribution is 2.40. The lowest BCUT2D eigenvalue weighted by Crippen LogP contribution is -2.35. The average molecular weight is 294 g/mol. The van der Waals surface area contributed by atoms with Gasteiger partial charge in [-0.05, 0) is 43.5 Å². The molecule has 1 aromatic carbocycles. The minimum Gasteiger partial charge on any atom is -0.507 e. The third-order valence-corrected chi connectivity index (χ3v) is 3.56. The van der Waals surface area contributed by atoms with Gasteiger partial charge in [0.15, 0.2) is 0 Å². The van der Waals surface area contributed by atoms with Crippen molar-refractivity contribution in [1.29, 1.82) is 0 Å². The van der Waals surface area contributed by atoms with E-state index in [-0.39, 0.29) is 16.6 Å². The fourth-order valence-electron chi connectivity index (χ4n) is 2.39. The summed E-state index contributed by atoms with van der Waals surface area (Å²) in [5.41, 5.74) is -0.815. The number of halogens is 4. The fourth-order valence-corrected chi connectivity index (χ4v) is 2.63. The van der Waals surface area contributed by atoms with Crippen LogP contribution in [0.15, 0.2) is 12.1 Å². The Labute approximate surface area is 114 Å². The lowest BCUT2D eigenvalue weighted by atomic mass is 9.96. The molecule has 0 radical (unpaired) electrons. The van der Waals surface area contributed by atoms with Crippen molar-refractivity contribution in [3.63, 3.8) is 0 Å². The van der Waals surface area contributed by atoms with Crippen LogP contribution < -0.4 is 5.32 Å². The van der Waals surface area contributed by atoms with E-state index >= 15 is 0 Å². The Kier molecular flexibility index (Phi) is 4.26. The van der Waals surface area contributed by atoms with Crippen molar-refractivity contribution in [2.45, 2.75) is 37.9 Å². The number of phenols is 1. The molecule has 0 saturated carbocycles. The first-order valence-electron chi connectivity index (χ1n) is 6.20. The average Bonchev–Trinajstić information content (AvgIpc) is 2.33. The second-order valence-electron chi connectivity index (χ2n) is 4.81. The Morgan fingerprint density at radius 3 is 2.63 bits per heavy atom. The van der Waals surface area contributed by atoms with E-state index in [1.807, 2.05) is 0 Å². The predicted molar refractivity (Wildman–Crippen MR) is 67.5 cm³/mol. The molecule has 1 saturated heterocycles. The molecule has 0 aromatic heterocycles. The van der Waals surface area contributed by atoms with Gasteiger partial charge >= 0.3 is 6.18 Å². The minimum atomic E-state index is -4.59. The summed E-state index contributed by atoms with van der Waals surface area (Å²) < 4.78 is 38.3. The van der Waals surface area contributed by atoms with Crippen molar-refractivity contribution in [3.8, 4) is 5.75 Å². The molecule has 1 aromatic rings. The molecule has 1 unspecified atom stereocenters. The van der Waals surface area contributed by atoms with E-state index in [2.05, 4.69) is 5.32 Å². The Bertz CT molecular complexity index is 456. The standard InChI is InChI=1S/C13H15ClF3NO/c14-9-5-8(6-10-3-1-2-4-18-10)12(19)11(7-9)13(15,16)17/h5,7,10,18-19H,1-4,6H2. The molecule has 6 heteroatoms. The van der Waals surface area contributed by atoms with Gasteiger partial charge in [-0.25, -0.2) is 0 Å². The van der Waals surface area contributed by atoms with Crippen molar-refractivity contribution >= 4 is 11.6 Å². The van der Waals surface area contributed by atoms with Crippen molar-refractivity contribution in [2.24, 2.45) is 0 Å². The number of hydrogen-bond donors (Lipinski definition) is 2. The third-order valence-electron chi connectivity index (χ3n) is 3.34. The van der Waals surface area contributed by atoms with Gasteiger partial charge in [0, 0.05) is 11.1 Å². The highest BCUT2D eigenvalue weighted by Gasteiger charge is 2.35. The number of hydrogen-bond acceptors (Lipinski definition) is 2. The maximum absolute atomic E-state index is 12.8. The van der Waals surface area contributed by atoms with Crippen LogP contribution in [0.25, 0.3) is 0 Å². The zero-order valence-electron chi connectivity index (χ0n) is 10.2. The molecule has 1 fully saturated rings. The number of phenolic OH excluding ortho intramolecular Hbond substituents is 1. The van der Waals surface area contributed by atoms with Gasteiger partial charge in [0.05, 0.1) is 5.56 Å². The molecular weight excluding hydrogens is 279 g/mol. The van der Waals surface area contributed by atoms with Crippen LogP contribution in [-0.4, -0.2) is 17.7 Å². The van der Waals surface area contributed by atoms with Gasteiger partial charge in [0.2, 0.25) is 0 Å². The minimum absolute atomic E-state index is 0.00376. The predicted octanol–water partition coefficient (Wildman–Crippen LogP) is 3.75. The number of piperidine rings is 1. The fraction of sp³-hybridized carbons (Fsp3) is 0.538. The summed E-state index contributed by atoms with van der Waals surface area (Å²) in [5.74, 6) is -0.704. The van der Waals surface area contributed by atoms with Gasteiger partial charge in [-0.1, -0.05) is 18.0 Å². The summed E-state index contributed by atoms with van der Waals surface area (Å²) in [4.78, 5) is 0. The summed E-state index contributed by atoms with van der Waals surface area (Å²) in [5, 5.41) is 13.0. The Morgan fingerprint density at radius 2 is 2.05 bits per heavy atom. The van der Waals surface area contributed by atoms with Gasteiger partial charge in [0.25, 0.3) is 0 Å². The molecule has 106 valence electrons. The first-order valence-corrected chi connectivity index (χ1v) is 6.57. The number of benzene rings is 1. The van der Waals surface area contributed by atoms with E-state index in [4.69, 9.17) is 11.6 Å². The van der Waals surface area contributed by atoms with E-state index in [0.717, 1.165) is 31.9 Å². The smallest absolute Gasteiger partial charge is 0.420 e. The Hall–Kier alpha value is -0.940. The molecule has 2 N–H and O–H groups in total. The van der Waals surface area contributed by atoms with Gasteiger partial charge < -0.3 is 10.4 Å². The van der Waals surface area contributed by atoms with Crippen molar-refractivity contribution < 1.29 is 18.3 Å². The van der Waals surface area contributed by atoms with Crippen molar-refractivity contribution in [1.82, 2.24) is 5.32 Å². The number of alkyl halides is 3. The van der Waals surface area contributed by atoms with Crippen LogP contribution in [-0.2, 0) is 12.6 Å². The third kappa shape index (κ3) is 3.54.